The first-order valence-corrected chi connectivity index (χ1v) is 10.1. The highest BCUT2D eigenvalue weighted by molar-refractivity contribution is 6.13. The van der Waals surface area contributed by atoms with E-state index in [4.69, 9.17) is 0 Å². The predicted molar refractivity (Wildman–Crippen MR) is 110 cm³/mol. The second-order valence-corrected chi connectivity index (χ2v) is 7.84. The number of hydrogen-bond donors (Lipinski definition) is 2. The highest BCUT2D eigenvalue weighted by Gasteiger charge is 2.26. The zero-order valence-corrected chi connectivity index (χ0v) is 16.7. The second kappa shape index (κ2) is 8.21. The molecule has 0 unspecified atom stereocenters. The van der Waals surface area contributed by atoms with Crippen LogP contribution in [0.25, 0.3) is 0 Å². The van der Waals surface area contributed by atoms with Crippen molar-refractivity contribution in [3.63, 3.8) is 0 Å². The molecule has 0 spiro atoms. The van der Waals surface area contributed by atoms with Crippen LogP contribution in [0.15, 0.2) is 30.5 Å². The third-order valence-electron chi connectivity index (χ3n) is 5.74. The lowest BCUT2D eigenvalue weighted by Crippen LogP contribution is -2.47. The average Bonchev–Trinajstić information content (AvgIpc) is 3.16. The highest BCUT2D eigenvalue weighted by Crippen LogP contribution is 2.25. The number of anilines is 1. The molecule has 1 aromatic heterocycles. The summed E-state index contributed by atoms with van der Waals surface area (Å²) in [5.74, 6) is -0.137. The highest BCUT2D eigenvalue weighted by atomic mass is 16.2. The van der Waals surface area contributed by atoms with Gasteiger partial charge in [-0.15, -0.1) is 0 Å². The van der Waals surface area contributed by atoms with Gasteiger partial charge in [-0.25, -0.2) is 0 Å². The summed E-state index contributed by atoms with van der Waals surface area (Å²) in [5, 5.41) is 2.85. The van der Waals surface area contributed by atoms with Crippen molar-refractivity contribution in [2.45, 2.75) is 25.7 Å². The molecule has 2 heterocycles. The number of likely N-dealkylation sites (N-methyl/N-ethyl adjacent to an activating group) is 1. The molecule has 1 aliphatic carbocycles. The van der Waals surface area contributed by atoms with E-state index < -0.39 is 0 Å². The lowest BCUT2D eigenvalue weighted by atomic mass is 9.93. The molecule has 2 N–H and O–H groups in total. The molecule has 2 amide bonds. The van der Waals surface area contributed by atoms with Crippen LogP contribution >= 0.6 is 0 Å². The predicted octanol–water partition coefficient (Wildman–Crippen LogP) is 2.10. The Balaban J connectivity index is 1.37. The number of Topliss-reactive ketones (excluding diaryl/α,β-unsaturated/α-hetero) is 1. The summed E-state index contributed by atoms with van der Waals surface area (Å²) in [6, 6.07) is 7.32. The maximum atomic E-state index is 12.6. The number of amides is 2. The number of aromatic amines is 1. The zero-order valence-electron chi connectivity index (χ0n) is 16.7. The molecule has 1 aliphatic heterocycles. The van der Waals surface area contributed by atoms with E-state index in [1.54, 1.807) is 18.3 Å². The number of rotatable bonds is 4. The Labute approximate surface area is 170 Å². The number of aromatic nitrogens is 1. The van der Waals surface area contributed by atoms with Gasteiger partial charge < -0.3 is 20.1 Å². The summed E-state index contributed by atoms with van der Waals surface area (Å²) in [5.41, 5.74) is 3.34. The van der Waals surface area contributed by atoms with Gasteiger partial charge in [0.1, 0.15) is 0 Å². The van der Waals surface area contributed by atoms with Crippen LogP contribution in [0.2, 0.25) is 0 Å². The van der Waals surface area contributed by atoms with Crippen LogP contribution in [0.5, 0.6) is 0 Å². The first kappa shape index (κ1) is 19.4. The van der Waals surface area contributed by atoms with E-state index in [0.29, 0.717) is 29.7 Å². The molecule has 4 rings (SSSR count). The van der Waals surface area contributed by atoms with E-state index in [-0.39, 0.29) is 17.6 Å². The Morgan fingerprint density at radius 3 is 2.52 bits per heavy atom. The van der Waals surface area contributed by atoms with Gasteiger partial charge in [0.2, 0.25) is 5.91 Å². The number of nitrogens with one attached hydrogen (secondary N) is 2. The van der Waals surface area contributed by atoms with Gasteiger partial charge in [0.25, 0.3) is 5.91 Å². The van der Waals surface area contributed by atoms with Crippen LogP contribution in [0.4, 0.5) is 5.69 Å². The fourth-order valence-electron chi connectivity index (χ4n) is 3.96. The van der Waals surface area contributed by atoms with E-state index in [9.17, 15) is 14.4 Å². The van der Waals surface area contributed by atoms with Gasteiger partial charge in [-0.2, -0.15) is 0 Å². The quantitative estimate of drug-likeness (QED) is 0.832. The fraction of sp³-hybridized carbons (Fsp3) is 0.409. The lowest BCUT2D eigenvalue weighted by molar-refractivity contribution is -0.132. The van der Waals surface area contributed by atoms with Crippen molar-refractivity contribution in [3.05, 3.63) is 52.8 Å². The Bertz CT molecular complexity index is 924. The number of H-pyrrole nitrogens is 1. The molecule has 152 valence electrons. The number of carbonyl (C=O) groups excluding carboxylic acids is 3. The first-order valence-electron chi connectivity index (χ1n) is 10.1. The third-order valence-corrected chi connectivity index (χ3v) is 5.74. The number of hydrogen-bond acceptors (Lipinski definition) is 4. The number of fused-ring (bicyclic) bond motifs is 1. The molecular weight excluding hydrogens is 368 g/mol. The molecule has 0 radical (unpaired) electrons. The molecule has 7 heteroatoms. The summed E-state index contributed by atoms with van der Waals surface area (Å²) in [7, 11) is 2.06. The van der Waals surface area contributed by atoms with Crippen molar-refractivity contribution in [3.8, 4) is 0 Å². The van der Waals surface area contributed by atoms with Gasteiger partial charge in [0.15, 0.2) is 5.78 Å². The molecule has 2 aliphatic rings. The smallest absolute Gasteiger partial charge is 0.257 e. The standard InChI is InChI=1S/C22H26N4O3/c1-25-9-11-26(12-10-25)20(28)13-15-5-7-16(8-6-15)24-22(29)17-14-23-18-3-2-4-19(27)21(17)18/h5-8,14,23H,2-4,9-13H2,1H3,(H,24,29). The summed E-state index contributed by atoms with van der Waals surface area (Å²) in [4.78, 5) is 44.5. The number of carbonyl (C=O) groups is 3. The van der Waals surface area contributed by atoms with Crippen molar-refractivity contribution in [2.24, 2.45) is 0 Å². The van der Waals surface area contributed by atoms with E-state index >= 15 is 0 Å². The van der Waals surface area contributed by atoms with Gasteiger partial charge in [-0.1, -0.05) is 12.1 Å². The molecule has 0 saturated carbocycles. The van der Waals surface area contributed by atoms with Crippen LogP contribution in [0, 0.1) is 0 Å². The van der Waals surface area contributed by atoms with Gasteiger partial charge in [0, 0.05) is 50.2 Å². The Kier molecular flexibility index (Phi) is 5.49. The molecular formula is C22H26N4O3. The molecule has 0 bridgehead atoms. The summed E-state index contributed by atoms with van der Waals surface area (Å²) >= 11 is 0. The minimum atomic E-state index is -0.293. The number of piperazine rings is 1. The largest absolute Gasteiger partial charge is 0.364 e. The lowest BCUT2D eigenvalue weighted by Gasteiger charge is -2.32. The Morgan fingerprint density at radius 1 is 1.07 bits per heavy atom. The summed E-state index contributed by atoms with van der Waals surface area (Å²) in [6.45, 7) is 3.34. The first-order chi connectivity index (χ1) is 14.0. The van der Waals surface area contributed by atoms with Gasteiger partial charge >= 0.3 is 0 Å². The SMILES string of the molecule is CN1CCN(C(=O)Cc2ccc(NC(=O)c3c[nH]c4c3C(=O)CCC4)cc2)CC1. The average molecular weight is 394 g/mol. The Hall–Kier alpha value is -2.93. The number of benzene rings is 1. The molecule has 1 fully saturated rings. The molecule has 29 heavy (non-hydrogen) atoms. The number of aryl methyl sites for hydroxylation is 1. The maximum absolute atomic E-state index is 12.6. The molecule has 1 saturated heterocycles. The van der Waals surface area contributed by atoms with Crippen LogP contribution < -0.4 is 5.32 Å². The fourth-order valence-corrected chi connectivity index (χ4v) is 3.96. The molecule has 2 aromatic rings. The topological polar surface area (TPSA) is 85.5 Å². The molecule has 7 nitrogen and oxygen atoms in total. The van der Waals surface area contributed by atoms with Gasteiger partial charge in [-0.05, 0) is 37.6 Å². The van der Waals surface area contributed by atoms with E-state index in [0.717, 1.165) is 50.3 Å². The number of nitrogens with zero attached hydrogens (tertiary/aromatic N) is 2. The van der Waals surface area contributed by atoms with Crippen molar-refractivity contribution in [1.29, 1.82) is 0 Å². The second-order valence-electron chi connectivity index (χ2n) is 7.84. The van der Waals surface area contributed by atoms with Crippen molar-refractivity contribution in [2.75, 3.05) is 38.5 Å². The maximum Gasteiger partial charge on any atom is 0.257 e. The minimum Gasteiger partial charge on any atom is -0.364 e. The van der Waals surface area contributed by atoms with E-state index in [1.165, 1.54) is 0 Å². The van der Waals surface area contributed by atoms with Gasteiger partial charge in [0.05, 0.1) is 17.5 Å². The monoisotopic (exact) mass is 394 g/mol. The normalized spacial score (nSPS) is 17.1. The molecule has 1 aromatic carbocycles. The molecule has 0 atom stereocenters. The van der Waals surface area contributed by atoms with Crippen LogP contribution in [-0.2, 0) is 17.6 Å². The number of ketones is 1. The van der Waals surface area contributed by atoms with Crippen LogP contribution in [-0.4, -0.2) is 65.6 Å². The van der Waals surface area contributed by atoms with Crippen LogP contribution in [0.3, 0.4) is 0 Å². The Morgan fingerprint density at radius 2 is 1.79 bits per heavy atom. The van der Waals surface area contributed by atoms with Crippen molar-refractivity contribution in [1.82, 2.24) is 14.8 Å². The third kappa shape index (κ3) is 4.24. The van der Waals surface area contributed by atoms with Gasteiger partial charge in [-0.3, -0.25) is 14.4 Å². The minimum absolute atomic E-state index is 0.0235. The summed E-state index contributed by atoms with van der Waals surface area (Å²) < 4.78 is 0. The van der Waals surface area contributed by atoms with Crippen molar-refractivity contribution < 1.29 is 14.4 Å². The zero-order chi connectivity index (χ0) is 20.4. The van der Waals surface area contributed by atoms with E-state index in [2.05, 4.69) is 22.2 Å². The van der Waals surface area contributed by atoms with E-state index in [1.807, 2.05) is 17.0 Å². The van der Waals surface area contributed by atoms with Crippen LogP contribution in [0.1, 0.15) is 44.8 Å². The summed E-state index contributed by atoms with van der Waals surface area (Å²) in [6.07, 6.45) is 4.08. The van der Waals surface area contributed by atoms with Crippen molar-refractivity contribution >= 4 is 23.3 Å².